The van der Waals surface area contributed by atoms with Crippen molar-refractivity contribution in [2.75, 3.05) is 0 Å². The van der Waals surface area contributed by atoms with Gasteiger partial charge in [-0.05, 0) is 11.3 Å². The zero-order valence-electron chi connectivity index (χ0n) is 10.2. The van der Waals surface area contributed by atoms with E-state index in [1.807, 2.05) is 11.6 Å². The fourth-order valence-electron chi connectivity index (χ4n) is 1.27. The molecule has 4 heteroatoms. The fourth-order valence-corrected chi connectivity index (χ4v) is 1.51. The molecule has 0 N–H and O–H groups in total. The van der Waals surface area contributed by atoms with E-state index in [4.69, 9.17) is 11.6 Å². The molecule has 0 aliphatic heterocycles. The molecule has 0 bridgehead atoms. The molecule has 3 nitrogen and oxygen atoms in total. The van der Waals surface area contributed by atoms with E-state index < -0.39 is 0 Å². The van der Waals surface area contributed by atoms with Gasteiger partial charge in [0.05, 0.1) is 5.88 Å². The Bertz CT molecular complexity index is 325. The monoisotopic (exact) mass is 229 g/mol. The lowest BCUT2D eigenvalue weighted by Gasteiger charge is -2.26. The third kappa shape index (κ3) is 2.94. The van der Waals surface area contributed by atoms with Crippen LogP contribution in [-0.2, 0) is 19.3 Å². The Morgan fingerprint density at radius 2 is 1.80 bits per heavy atom. The minimum absolute atomic E-state index is 0.299. The van der Waals surface area contributed by atoms with E-state index in [0.29, 0.717) is 17.2 Å². The number of halogens is 1. The first-order valence-electron chi connectivity index (χ1n) is 5.29. The number of alkyl halides is 1. The first-order valence-corrected chi connectivity index (χ1v) is 5.82. The second kappa shape index (κ2) is 4.52. The summed E-state index contributed by atoms with van der Waals surface area (Å²) in [5.74, 6) is 2.86. The Labute approximate surface area is 96.8 Å². The van der Waals surface area contributed by atoms with Crippen molar-refractivity contribution in [3.8, 4) is 0 Å². The highest BCUT2D eigenvalue weighted by atomic mass is 35.5. The van der Waals surface area contributed by atoms with Crippen molar-refractivity contribution in [3.05, 3.63) is 11.6 Å². The Morgan fingerprint density at radius 3 is 2.20 bits per heavy atom. The SMILES string of the molecule is CC(Cc1nnc(CCl)n1C)C(C)(C)C. The number of rotatable bonds is 3. The largest absolute Gasteiger partial charge is 0.317 e. The topological polar surface area (TPSA) is 30.7 Å². The highest BCUT2D eigenvalue weighted by Gasteiger charge is 2.22. The summed E-state index contributed by atoms with van der Waals surface area (Å²) in [6.07, 6.45) is 0.948. The molecule has 0 radical (unpaired) electrons. The predicted octanol–water partition coefficient (Wildman–Crippen LogP) is 2.78. The first-order chi connectivity index (χ1) is 6.86. The van der Waals surface area contributed by atoms with Gasteiger partial charge in [-0.2, -0.15) is 0 Å². The summed E-state index contributed by atoms with van der Waals surface area (Å²) in [4.78, 5) is 0. The van der Waals surface area contributed by atoms with Crippen molar-refractivity contribution < 1.29 is 0 Å². The van der Waals surface area contributed by atoms with Crippen LogP contribution in [0.25, 0.3) is 0 Å². The lowest BCUT2D eigenvalue weighted by Crippen LogP contribution is -2.21. The predicted molar refractivity (Wildman–Crippen MR) is 62.9 cm³/mol. The fraction of sp³-hybridized carbons (Fsp3) is 0.818. The summed E-state index contributed by atoms with van der Waals surface area (Å²) in [6, 6.07) is 0. The molecular formula is C11H20ClN3. The second-order valence-corrected chi connectivity index (χ2v) is 5.46. The minimum Gasteiger partial charge on any atom is -0.317 e. The lowest BCUT2D eigenvalue weighted by atomic mass is 9.80. The number of nitrogens with zero attached hydrogens (tertiary/aromatic N) is 3. The third-order valence-electron chi connectivity index (χ3n) is 3.14. The Hall–Kier alpha value is -0.570. The van der Waals surface area contributed by atoms with Crippen molar-refractivity contribution in [1.82, 2.24) is 14.8 Å². The Kier molecular flexibility index (Phi) is 3.77. The highest BCUT2D eigenvalue weighted by molar-refractivity contribution is 6.16. The Balaban J connectivity index is 2.77. The maximum Gasteiger partial charge on any atom is 0.147 e. The van der Waals surface area contributed by atoms with Crippen LogP contribution in [-0.4, -0.2) is 14.8 Å². The molecule has 0 spiro atoms. The summed E-state index contributed by atoms with van der Waals surface area (Å²) in [5.41, 5.74) is 0.299. The standard InChI is InChI=1S/C11H20ClN3/c1-8(11(2,3)4)6-9-13-14-10(7-12)15(9)5/h8H,6-7H2,1-5H3. The normalized spacial score (nSPS) is 14.3. The molecule has 15 heavy (non-hydrogen) atoms. The van der Waals surface area contributed by atoms with E-state index in [0.717, 1.165) is 18.1 Å². The summed E-state index contributed by atoms with van der Waals surface area (Å²) in [7, 11) is 1.97. The molecule has 0 aliphatic carbocycles. The number of aromatic nitrogens is 3. The molecule has 1 aromatic heterocycles. The van der Waals surface area contributed by atoms with Crippen molar-refractivity contribution >= 4 is 11.6 Å². The molecule has 1 unspecified atom stereocenters. The third-order valence-corrected chi connectivity index (χ3v) is 3.38. The average molecular weight is 230 g/mol. The van der Waals surface area contributed by atoms with E-state index in [1.54, 1.807) is 0 Å². The quantitative estimate of drug-likeness (QED) is 0.747. The van der Waals surface area contributed by atoms with Crippen LogP contribution in [0.1, 0.15) is 39.3 Å². The van der Waals surface area contributed by atoms with Gasteiger partial charge in [-0.1, -0.05) is 27.7 Å². The molecule has 1 rings (SSSR count). The van der Waals surface area contributed by atoms with E-state index in [2.05, 4.69) is 37.9 Å². The van der Waals surface area contributed by atoms with Crippen LogP contribution in [0.4, 0.5) is 0 Å². The molecular weight excluding hydrogens is 210 g/mol. The van der Waals surface area contributed by atoms with E-state index in [1.165, 1.54) is 0 Å². The molecule has 0 amide bonds. The van der Waals surface area contributed by atoms with E-state index in [-0.39, 0.29) is 0 Å². The van der Waals surface area contributed by atoms with Crippen molar-refractivity contribution in [2.24, 2.45) is 18.4 Å². The van der Waals surface area contributed by atoms with Crippen LogP contribution in [0.15, 0.2) is 0 Å². The smallest absolute Gasteiger partial charge is 0.147 e. The van der Waals surface area contributed by atoms with Crippen LogP contribution in [0.5, 0.6) is 0 Å². The maximum atomic E-state index is 5.75. The van der Waals surface area contributed by atoms with Crippen LogP contribution < -0.4 is 0 Å². The van der Waals surface area contributed by atoms with Gasteiger partial charge in [0, 0.05) is 13.5 Å². The number of hydrogen-bond donors (Lipinski definition) is 0. The first kappa shape index (κ1) is 12.5. The summed E-state index contributed by atoms with van der Waals surface area (Å²) in [6.45, 7) is 8.98. The van der Waals surface area contributed by atoms with Gasteiger partial charge in [-0.15, -0.1) is 21.8 Å². The molecule has 1 atom stereocenters. The molecule has 0 fully saturated rings. The zero-order chi connectivity index (χ0) is 11.6. The minimum atomic E-state index is 0.299. The van der Waals surface area contributed by atoms with Gasteiger partial charge in [0.15, 0.2) is 0 Å². The molecule has 0 aromatic carbocycles. The van der Waals surface area contributed by atoms with Crippen molar-refractivity contribution in [2.45, 2.75) is 40.0 Å². The molecule has 0 saturated carbocycles. The Morgan fingerprint density at radius 1 is 1.27 bits per heavy atom. The highest BCUT2D eigenvalue weighted by Crippen LogP contribution is 2.27. The molecule has 86 valence electrons. The molecule has 0 aliphatic rings. The van der Waals surface area contributed by atoms with Gasteiger partial charge in [0.2, 0.25) is 0 Å². The van der Waals surface area contributed by atoms with Crippen molar-refractivity contribution in [3.63, 3.8) is 0 Å². The van der Waals surface area contributed by atoms with Crippen molar-refractivity contribution in [1.29, 1.82) is 0 Å². The van der Waals surface area contributed by atoms with Gasteiger partial charge in [-0.3, -0.25) is 0 Å². The number of hydrogen-bond acceptors (Lipinski definition) is 2. The van der Waals surface area contributed by atoms with Gasteiger partial charge in [0.25, 0.3) is 0 Å². The van der Waals surface area contributed by atoms with Gasteiger partial charge >= 0.3 is 0 Å². The molecule has 1 heterocycles. The van der Waals surface area contributed by atoms with Crippen LogP contribution >= 0.6 is 11.6 Å². The van der Waals surface area contributed by atoms with Crippen LogP contribution in [0, 0.1) is 11.3 Å². The summed E-state index contributed by atoms with van der Waals surface area (Å²) < 4.78 is 2.00. The average Bonchev–Trinajstić information content (AvgIpc) is 2.46. The van der Waals surface area contributed by atoms with Gasteiger partial charge in [0.1, 0.15) is 11.6 Å². The molecule has 1 aromatic rings. The van der Waals surface area contributed by atoms with E-state index in [9.17, 15) is 0 Å². The second-order valence-electron chi connectivity index (χ2n) is 5.20. The zero-order valence-corrected chi connectivity index (χ0v) is 11.0. The van der Waals surface area contributed by atoms with Gasteiger partial charge in [-0.25, -0.2) is 0 Å². The summed E-state index contributed by atoms with van der Waals surface area (Å²) >= 11 is 5.75. The maximum absolute atomic E-state index is 5.75. The van der Waals surface area contributed by atoms with Crippen LogP contribution in [0.2, 0.25) is 0 Å². The summed E-state index contributed by atoms with van der Waals surface area (Å²) in [5, 5.41) is 8.22. The van der Waals surface area contributed by atoms with E-state index >= 15 is 0 Å². The molecule has 0 saturated heterocycles. The van der Waals surface area contributed by atoms with Gasteiger partial charge < -0.3 is 4.57 Å². The van der Waals surface area contributed by atoms with Crippen LogP contribution in [0.3, 0.4) is 0 Å². The lowest BCUT2D eigenvalue weighted by molar-refractivity contribution is 0.255.